The number of thiazole rings is 1. The predicted molar refractivity (Wildman–Crippen MR) is 191 cm³/mol. The number of hydrogen-bond acceptors (Lipinski definition) is 7. The first-order chi connectivity index (χ1) is 22.8. The number of nitrogens with one attached hydrogen (secondary N) is 1. The van der Waals surface area contributed by atoms with Gasteiger partial charge >= 0.3 is 0 Å². The van der Waals surface area contributed by atoms with Crippen LogP contribution >= 0.6 is 11.3 Å². The van der Waals surface area contributed by atoms with Gasteiger partial charge in [0.05, 0.1) is 16.4 Å². The summed E-state index contributed by atoms with van der Waals surface area (Å²) in [5.74, 6) is 3.89. The molecule has 0 atom stereocenters. The Morgan fingerprint density at radius 1 is 0.979 bits per heavy atom. The van der Waals surface area contributed by atoms with Gasteiger partial charge in [-0.3, -0.25) is 14.8 Å². The summed E-state index contributed by atoms with van der Waals surface area (Å²) in [6.07, 6.45) is 10.4. The van der Waals surface area contributed by atoms with E-state index in [1.54, 1.807) is 0 Å². The second-order valence-electron chi connectivity index (χ2n) is 14.4. The van der Waals surface area contributed by atoms with Gasteiger partial charge in [0.25, 0.3) is 5.91 Å². The highest BCUT2D eigenvalue weighted by atomic mass is 32.1. The Morgan fingerprint density at radius 3 is 2.43 bits per heavy atom. The number of aromatic nitrogens is 4. The third-order valence-electron chi connectivity index (χ3n) is 11.2. The molecule has 5 aromatic rings. The van der Waals surface area contributed by atoms with E-state index >= 15 is 0 Å². The van der Waals surface area contributed by atoms with Crippen LogP contribution in [-0.4, -0.2) is 32.2 Å². The van der Waals surface area contributed by atoms with Crippen molar-refractivity contribution in [3.63, 3.8) is 0 Å². The van der Waals surface area contributed by atoms with Crippen LogP contribution in [-0.2, 0) is 13.1 Å². The zero-order chi connectivity index (χ0) is 32.3. The molecular formula is C38H43N7OS. The largest absolute Gasteiger partial charge is 0.383 e. The van der Waals surface area contributed by atoms with Crippen molar-refractivity contribution in [3.8, 4) is 11.1 Å². The monoisotopic (exact) mass is 645 g/mol. The number of aryl methyl sites for hydroxylation is 1. The molecule has 3 heterocycles. The topological polar surface area (TPSA) is 102 Å². The Labute approximate surface area is 280 Å². The lowest BCUT2D eigenvalue weighted by Gasteiger charge is -2.56. The molecule has 8 nitrogen and oxygen atoms in total. The Morgan fingerprint density at radius 2 is 1.72 bits per heavy atom. The summed E-state index contributed by atoms with van der Waals surface area (Å²) >= 11 is 1.48. The molecule has 9 heteroatoms. The number of carbonyl (C=O) groups is 1. The highest BCUT2D eigenvalue weighted by molar-refractivity contribution is 7.22. The second kappa shape index (κ2) is 11.8. The van der Waals surface area contributed by atoms with E-state index in [0.29, 0.717) is 35.0 Å². The minimum absolute atomic E-state index is 0.164. The van der Waals surface area contributed by atoms with E-state index in [0.717, 1.165) is 68.3 Å². The van der Waals surface area contributed by atoms with Gasteiger partial charge in [0, 0.05) is 42.0 Å². The van der Waals surface area contributed by atoms with Crippen molar-refractivity contribution in [1.29, 1.82) is 0 Å². The molecule has 0 radical (unpaired) electrons. The quantitative estimate of drug-likeness (QED) is 0.167. The average molecular weight is 646 g/mol. The Kier molecular flexibility index (Phi) is 7.54. The van der Waals surface area contributed by atoms with Gasteiger partial charge in [0.1, 0.15) is 11.6 Å². The van der Waals surface area contributed by atoms with Crippen molar-refractivity contribution in [2.45, 2.75) is 72.4 Å². The molecule has 2 aromatic carbocycles. The Bertz CT molecular complexity index is 1910. The van der Waals surface area contributed by atoms with Crippen LogP contribution in [0.5, 0.6) is 0 Å². The molecule has 4 aliphatic carbocycles. The lowest BCUT2D eigenvalue weighted by Crippen LogP contribution is -2.48. The van der Waals surface area contributed by atoms with Gasteiger partial charge < -0.3 is 10.6 Å². The normalized spacial score (nSPS) is 23.0. The lowest BCUT2D eigenvalue weighted by molar-refractivity contribution is -0.0638. The van der Waals surface area contributed by atoms with Crippen LogP contribution < -0.4 is 16.0 Å². The van der Waals surface area contributed by atoms with Crippen molar-refractivity contribution in [1.82, 2.24) is 19.7 Å². The number of rotatable bonds is 9. The summed E-state index contributed by atoms with van der Waals surface area (Å²) in [6, 6.07) is 17.9. The maximum Gasteiger partial charge on any atom is 0.257 e. The van der Waals surface area contributed by atoms with Crippen molar-refractivity contribution in [3.05, 3.63) is 83.2 Å². The zero-order valence-electron chi connectivity index (χ0n) is 27.5. The van der Waals surface area contributed by atoms with E-state index in [9.17, 15) is 4.79 Å². The minimum Gasteiger partial charge on any atom is -0.383 e. The van der Waals surface area contributed by atoms with Crippen molar-refractivity contribution < 1.29 is 4.79 Å². The fraction of sp³-hybridized carbons (Fsp3) is 0.421. The predicted octanol–water partition coefficient (Wildman–Crippen LogP) is 8.25. The molecule has 1 amide bonds. The number of amides is 1. The van der Waals surface area contributed by atoms with E-state index in [-0.39, 0.29) is 5.91 Å². The molecular weight excluding hydrogens is 603 g/mol. The van der Waals surface area contributed by atoms with Gasteiger partial charge in [-0.25, -0.2) is 9.97 Å². The van der Waals surface area contributed by atoms with E-state index in [2.05, 4.69) is 39.8 Å². The molecule has 3 aromatic heterocycles. The maximum absolute atomic E-state index is 13.6. The summed E-state index contributed by atoms with van der Waals surface area (Å²) in [5, 5.41) is 8.53. The number of para-hydroxylation sites is 1. The third-order valence-corrected chi connectivity index (χ3v) is 12.1. The van der Waals surface area contributed by atoms with Crippen LogP contribution in [0, 0.1) is 37.0 Å². The third kappa shape index (κ3) is 5.58. The summed E-state index contributed by atoms with van der Waals surface area (Å²) in [5.41, 5.74) is 13.8. The molecule has 3 N–H and O–H groups in total. The number of carbonyl (C=O) groups excluding carboxylic acids is 1. The van der Waals surface area contributed by atoms with Gasteiger partial charge in [0.15, 0.2) is 5.13 Å². The number of nitrogens with zero attached hydrogens (tertiary/aromatic N) is 5. The van der Waals surface area contributed by atoms with Gasteiger partial charge in [-0.05, 0) is 124 Å². The van der Waals surface area contributed by atoms with E-state index < -0.39 is 0 Å². The molecule has 4 aliphatic rings. The number of pyridine rings is 1. The van der Waals surface area contributed by atoms with E-state index in [1.807, 2.05) is 61.7 Å². The highest BCUT2D eigenvalue weighted by Crippen LogP contribution is 2.60. The molecule has 9 rings (SSSR count). The van der Waals surface area contributed by atoms with Gasteiger partial charge in [-0.1, -0.05) is 35.6 Å². The molecule has 242 valence electrons. The molecule has 4 bridgehead atoms. The molecule has 0 spiro atoms. The van der Waals surface area contributed by atoms with Crippen molar-refractivity contribution >= 4 is 44.2 Å². The first-order valence-electron chi connectivity index (χ1n) is 17.1. The number of nitrogen functional groups attached to an aromatic ring is 1. The average Bonchev–Trinajstić information content (AvgIpc) is 3.61. The van der Waals surface area contributed by atoms with Crippen LogP contribution in [0.4, 0.5) is 16.8 Å². The van der Waals surface area contributed by atoms with Gasteiger partial charge in [0.2, 0.25) is 0 Å². The number of hydrogen-bond donors (Lipinski definition) is 2. The van der Waals surface area contributed by atoms with Crippen LogP contribution in [0.2, 0.25) is 0 Å². The zero-order valence-corrected chi connectivity index (χ0v) is 28.3. The Hall–Kier alpha value is -4.24. The standard InChI is InChI=1S/C38H43N7OS/c1-4-44(21-31-23(2)8-7-9-29(31)36(46)43-37-41-32-10-5-6-11-33(32)47-37)34-13-12-28(35(39)42-34)30-20-40-45(24(30)3)22-38-17-25-14-26(18-38)16-27(15-25)19-38/h5-13,20,25-27H,4,14-19,21-22H2,1-3H3,(H2,39,42)(H,41,43,46). The fourth-order valence-corrected chi connectivity index (χ4v) is 10.2. The molecule has 0 saturated heterocycles. The number of fused-ring (bicyclic) bond motifs is 1. The number of anilines is 3. The highest BCUT2D eigenvalue weighted by Gasteiger charge is 2.51. The second-order valence-corrected chi connectivity index (χ2v) is 15.4. The fourth-order valence-electron chi connectivity index (χ4n) is 9.30. The molecule has 4 fully saturated rings. The number of benzene rings is 2. The van der Waals surface area contributed by atoms with Gasteiger partial charge in [-0.2, -0.15) is 5.10 Å². The molecule has 0 aliphatic heterocycles. The molecule has 47 heavy (non-hydrogen) atoms. The van der Waals surface area contributed by atoms with Gasteiger partial charge in [-0.15, -0.1) is 0 Å². The number of nitrogens with two attached hydrogens (primary N) is 1. The summed E-state index contributed by atoms with van der Waals surface area (Å²) in [7, 11) is 0. The Balaban J connectivity index is 1.01. The SMILES string of the molecule is CCN(Cc1c(C)cccc1C(=O)Nc1nc2ccccc2s1)c1ccc(-c2cnn(CC34CC5CC(CC(C5)C3)C4)c2C)c(N)n1. The molecule has 4 saturated carbocycles. The van der Waals surface area contributed by atoms with E-state index in [1.165, 1.54) is 49.9 Å². The smallest absolute Gasteiger partial charge is 0.257 e. The van der Waals surface area contributed by atoms with Crippen LogP contribution in [0.15, 0.2) is 60.8 Å². The maximum atomic E-state index is 13.6. The van der Waals surface area contributed by atoms with Crippen LogP contribution in [0.25, 0.3) is 21.3 Å². The lowest BCUT2D eigenvalue weighted by atomic mass is 9.49. The van der Waals surface area contributed by atoms with Crippen molar-refractivity contribution in [2.75, 3.05) is 22.5 Å². The molecule has 0 unspecified atom stereocenters. The minimum atomic E-state index is -0.164. The summed E-state index contributed by atoms with van der Waals surface area (Å²) in [6.45, 7) is 8.58. The van der Waals surface area contributed by atoms with Crippen LogP contribution in [0.3, 0.4) is 0 Å². The van der Waals surface area contributed by atoms with Crippen molar-refractivity contribution in [2.24, 2.45) is 23.2 Å². The summed E-state index contributed by atoms with van der Waals surface area (Å²) in [4.78, 5) is 25.2. The first-order valence-corrected chi connectivity index (χ1v) is 17.9. The van der Waals surface area contributed by atoms with Crippen LogP contribution in [0.1, 0.15) is 72.6 Å². The summed E-state index contributed by atoms with van der Waals surface area (Å²) < 4.78 is 3.29. The van der Waals surface area contributed by atoms with E-state index in [4.69, 9.17) is 15.8 Å². The first kappa shape index (κ1) is 30.1.